The first-order chi connectivity index (χ1) is 20.6. The average Bonchev–Trinajstić information content (AvgIpc) is 2.94. The number of nitrogens with one attached hydrogen (secondary N) is 2. The minimum atomic E-state index is -1.82. The number of carbonyl (C=O) groups excluding carboxylic acids is 1. The van der Waals surface area contributed by atoms with Crippen LogP contribution in [0.2, 0.25) is 0 Å². The Morgan fingerprint density at radius 3 is 2.22 bits per heavy atom. The van der Waals surface area contributed by atoms with E-state index in [4.69, 9.17) is 14.2 Å². The standard InChI is InChI=1S/C33H65N3O9/c1-13-25-32(10,41)27(38)23(8)34-16-19(4)15-31(9,40)28(45-30-26(37)24(36(11)12)14-20(5)43-30)21(6)33(42,17-35-18(2)3)22(7)29(39)44-25/h18-28,30,34-35,37-38,40-42H,13-17H2,1-12H3/t19-,20-,21-,22?,23-,24+,25-,26-,27-,28-,30+,31+,32-,33-/m1/s1. The summed E-state index contributed by atoms with van der Waals surface area (Å²) in [6.45, 7) is 17.9. The topological polar surface area (TPSA) is 173 Å². The summed E-state index contributed by atoms with van der Waals surface area (Å²) in [6, 6.07) is -0.875. The summed E-state index contributed by atoms with van der Waals surface area (Å²) in [6.07, 6.45) is -4.78. The second-order valence-corrected chi connectivity index (χ2v) is 15.0. The van der Waals surface area contributed by atoms with Crippen LogP contribution in [0.15, 0.2) is 0 Å². The smallest absolute Gasteiger partial charge is 0.312 e. The fourth-order valence-corrected chi connectivity index (χ4v) is 7.09. The molecule has 0 aromatic carbocycles. The maximum atomic E-state index is 13.8. The molecule has 12 nitrogen and oxygen atoms in total. The molecule has 266 valence electrons. The van der Waals surface area contributed by atoms with Gasteiger partial charge in [-0.05, 0) is 80.4 Å². The van der Waals surface area contributed by atoms with E-state index < -0.39 is 71.4 Å². The summed E-state index contributed by atoms with van der Waals surface area (Å²) in [5, 5.41) is 65.2. The lowest BCUT2D eigenvalue weighted by molar-refractivity contribution is -0.304. The van der Waals surface area contributed by atoms with E-state index in [1.54, 1.807) is 34.6 Å². The molecule has 0 spiro atoms. The van der Waals surface area contributed by atoms with E-state index in [-0.39, 0.29) is 43.5 Å². The van der Waals surface area contributed by atoms with Crippen LogP contribution in [-0.4, -0.2) is 135 Å². The molecular formula is C33H65N3O9. The number of hydrogen-bond acceptors (Lipinski definition) is 12. The Kier molecular flexibility index (Phi) is 14.3. The summed E-state index contributed by atoms with van der Waals surface area (Å²) in [4.78, 5) is 15.8. The van der Waals surface area contributed by atoms with Gasteiger partial charge in [-0.25, -0.2) is 0 Å². The van der Waals surface area contributed by atoms with Gasteiger partial charge in [-0.1, -0.05) is 34.6 Å². The predicted molar refractivity (Wildman–Crippen MR) is 172 cm³/mol. The van der Waals surface area contributed by atoms with Crippen molar-refractivity contribution in [3.05, 3.63) is 0 Å². The van der Waals surface area contributed by atoms with Gasteiger partial charge in [-0.2, -0.15) is 0 Å². The van der Waals surface area contributed by atoms with E-state index >= 15 is 0 Å². The number of carbonyl (C=O) groups is 1. The van der Waals surface area contributed by atoms with E-state index in [2.05, 4.69) is 10.6 Å². The van der Waals surface area contributed by atoms with Gasteiger partial charge < -0.3 is 55.3 Å². The molecule has 45 heavy (non-hydrogen) atoms. The van der Waals surface area contributed by atoms with Gasteiger partial charge in [0, 0.05) is 30.6 Å². The normalized spacial score (nSPS) is 46.5. The van der Waals surface area contributed by atoms with Crippen LogP contribution in [0.4, 0.5) is 0 Å². The van der Waals surface area contributed by atoms with Crippen molar-refractivity contribution in [1.82, 2.24) is 15.5 Å². The van der Waals surface area contributed by atoms with E-state index in [0.717, 1.165) is 0 Å². The number of esters is 1. The van der Waals surface area contributed by atoms with Gasteiger partial charge in [0.2, 0.25) is 0 Å². The molecule has 0 amide bonds. The molecule has 7 N–H and O–H groups in total. The van der Waals surface area contributed by atoms with Crippen molar-refractivity contribution in [1.29, 1.82) is 0 Å². The van der Waals surface area contributed by atoms with E-state index in [0.29, 0.717) is 13.0 Å². The molecule has 2 aliphatic heterocycles. The van der Waals surface area contributed by atoms with E-state index in [9.17, 15) is 30.3 Å². The minimum Gasteiger partial charge on any atom is -0.459 e. The molecule has 0 aromatic heterocycles. The molecule has 14 atom stereocenters. The molecule has 2 rings (SSSR count). The third-order valence-electron chi connectivity index (χ3n) is 10.2. The van der Waals surface area contributed by atoms with E-state index in [1.807, 2.05) is 46.7 Å². The lowest BCUT2D eigenvalue weighted by Gasteiger charge is -2.49. The fourth-order valence-electron chi connectivity index (χ4n) is 7.09. The molecule has 0 aromatic rings. The highest BCUT2D eigenvalue weighted by molar-refractivity contribution is 5.74. The summed E-state index contributed by atoms with van der Waals surface area (Å²) >= 11 is 0. The first-order valence-electron chi connectivity index (χ1n) is 16.8. The number of likely N-dealkylation sites (N-methyl/N-ethyl adjacent to an activating group) is 1. The van der Waals surface area contributed by atoms with Crippen LogP contribution in [0.1, 0.15) is 88.5 Å². The van der Waals surface area contributed by atoms with Crippen molar-refractivity contribution in [3.8, 4) is 0 Å². The average molecular weight is 648 g/mol. The lowest BCUT2D eigenvalue weighted by atomic mass is 9.70. The molecule has 0 saturated carbocycles. The van der Waals surface area contributed by atoms with Crippen molar-refractivity contribution in [2.75, 3.05) is 27.2 Å². The van der Waals surface area contributed by atoms with Crippen LogP contribution >= 0.6 is 0 Å². The molecule has 2 aliphatic rings. The highest BCUT2D eigenvalue weighted by Gasteiger charge is 2.54. The third kappa shape index (κ3) is 9.58. The van der Waals surface area contributed by atoms with Gasteiger partial charge in [0.15, 0.2) is 6.29 Å². The SMILES string of the molecule is CC[C@H]1OC(=O)C(C)[C@@](O)(CNC(C)C)[C@H](C)[C@@H](O[C@@H]2O[C@H](C)C[C@H](N(C)C)[C@H]2O)[C@@](C)(O)C[C@@H](C)CN[C@H](C)[C@@H](O)[C@]1(C)O. The zero-order valence-electron chi connectivity index (χ0n) is 29.8. The van der Waals surface area contributed by atoms with Gasteiger partial charge in [-0.15, -0.1) is 0 Å². The van der Waals surface area contributed by atoms with Crippen LogP contribution in [-0.2, 0) is 19.0 Å². The Morgan fingerprint density at radius 1 is 1.09 bits per heavy atom. The van der Waals surface area contributed by atoms with Gasteiger partial charge in [0.1, 0.15) is 23.9 Å². The summed E-state index contributed by atoms with van der Waals surface area (Å²) in [5.74, 6) is -2.94. The first-order valence-corrected chi connectivity index (χ1v) is 16.8. The maximum absolute atomic E-state index is 13.8. The number of hydrogen-bond donors (Lipinski definition) is 7. The monoisotopic (exact) mass is 647 g/mol. The Morgan fingerprint density at radius 2 is 1.69 bits per heavy atom. The number of aliphatic hydroxyl groups is 5. The maximum Gasteiger partial charge on any atom is 0.312 e. The highest BCUT2D eigenvalue weighted by atomic mass is 16.7. The Labute approximate surface area is 271 Å². The predicted octanol–water partition coefficient (Wildman–Crippen LogP) is 1.00. The third-order valence-corrected chi connectivity index (χ3v) is 10.2. The van der Waals surface area contributed by atoms with Gasteiger partial charge in [0.05, 0.1) is 29.3 Å². The van der Waals surface area contributed by atoms with Crippen molar-refractivity contribution >= 4 is 5.97 Å². The zero-order valence-corrected chi connectivity index (χ0v) is 29.8. The molecular weight excluding hydrogens is 582 g/mol. The molecule has 2 saturated heterocycles. The fraction of sp³-hybridized carbons (Fsp3) is 0.970. The number of ether oxygens (including phenoxy) is 3. The van der Waals surface area contributed by atoms with Crippen LogP contribution in [0, 0.1) is 17.8 Å². The van der Waals surface area contributed by atoms with Gasteiger partial charge >= 0.3 is 5.97 Å². The largest absolute Gasteiger partial charge is 0.459 e. The molecule has 1 unspecified atom stereocenters. The first kappa shape index (κ1) is 40.2. The molecule has 2 fully saturated rings. The van der Waals surface area contributed by atoms with Crippen molar-refractivity contribution in [2.45, 2.75) is 160 Å². The Hall–Kier alpha value is -0.930. The summed E-state index contributed by atoms with van der Waals surface area (Å²) in [5.41, 5.74) is -5.17. The van der Waals surface area contributed by atoms with Crippen molar-refractivity contribution in [2.24, 2.45) is 17.8 Å². The molecule has 0 radical (unpaired) electrons. The number of aliphatic hydroxyl groups excluding tert-OH is 2. The van der Waals surface area contributed by atoms with Crippen molar-refractivity contribution < 1.29 is 44.5 Å². The van der Waals surface area contributed by atoms with Gasteiger partial charge in [0.25, 0.3) is 0 Å². The Bertz CT molecular complexity index is 935. The second-order valence-electron chi connectivity index (χ2n) is 15.0. The number of cyclic esters (lactones) is 1. The van der Waals surface area contributed by atoms with Crippen molar-refractivity contribution in [3.63, 3.8) is 0 Å². The quantitative estimate of drug-likeness (QED) is 0.196. The molecule has 0 bridgehead atoms. The molecule has 0 aliphatic carbocycles. The summed E-state index contributed by atoms with van der Waals surface area (Å²) < 4.78 is 18.5. The molecule has 12 heteroatoms. The minimum absolute atomic E-state index is 0.0349. The van der Waals surface area contributed by atoms with E-state index in [1.165, 1.54) is 6.92 Å². The second kappa shape index (κ2) is 16.0. The van der Waals surface area contributed by atoms with Crippen LogP contribution in [0.25, 0.3) is 0 Å². The lowest BCUT2D eigenvalue weighted by Crippen LogP contribution is -2.64. The number of rotatable bonds is 7. The highest BCUT2D eigenvalue weighted by Crippen LogP contribution is 2.40. The Balaban J connectivity index is 2.69. The number of nitrogens with zero attached hydrogens (tertiary/aromatic N) is 1. The van der Waals surface area contributed by atoms with Gasteiger partial charge in [-0.3, -0.25) is 4.79 Å². The zero-order chi connectivity index (χ0) is 34.7. The molecule has 2 heterocycles. The van der Waals surface area contributed by atoms with Crippen LogP contribution < -0.4 is 10.6 Å². The van der Waals surface area contributed by atoms with Crippen LogP contribution in [0.3, 0.4) is 0 Å². The van der Waals surface area contributed by atoms with Crippen LogP contribution in [0.5, 0.6) is 0 Å². The summed E-state index contributed by atoms with van der Waals surface area (Å²) in [7, 11) is 3.76.